The number of hydrogen-bond acceptors (Lipinski definition) is 4. The Labute approximate surface area is 180 Å². The van der Waals surface area contributed by atoms with E-state index >= 15 is 0 Å². The van der Waals surface area contributed by atoms with Crippen molar-refractivity contribution in [2.24, 2.45) is 0 Å². The van der Waals surface area contributed by atoms with Crippen LogP contribution in [0.5, 0.6) is 0 Å². The smallest absolute Gasteiger partial charge is 0.255 e. The van der Waals surface area contributed by atoms with E-state index in [4.69, 9.17) is 0 Å². The summed E-state index contributed by atoms with van der Waals surface area (Å²) < 4.78 is 1.92. The molecule has 7 nitrogen and oxygen atoms in total. The number of nitrogens with one attached hydrogen (secondary N) is 1. The molecule has 2 aliphatic carbocycles. The van der Waals surface area contributed by atoms with Gasteiger partial charge in [-0.1, -0.05) is 12.1 Å². The molecule has 0 radical (unpaired) electrons. The fourth-order valence-corrected chi connectivity index (χ4v) is 4.82. The maximum absolute atomic E-state index is 13.8. The molecule has 6 rings (SSSR count). The summed E-state index contributed by atoms with van der Waals surface area (Å²) in [7, 11) is 0. The van der Waals surface area contributed by atoms with Crippen molar-refractivity contribution in [2.45, 2.75) is 50.7 Å². The van der Waals surface area contributed by atoms with E-state index in [1.165, 1.54) is 11.3 Å². The van der Waals surface area contributed by atoms with Gasteiger partial charge in [-0.05, 0) is 61.9 Å². The molecule has 3 heterocycles. The number of amides is 1. The van der Waals surface area contributed by atoms with Crippen LogP contribution in [-0.4, -0.2) is 47.9 Å². The van der Waals surface area contributed by atoms with Gasteiger partial charge in [-0.3, -0.25) is 19.6 Å². The highest BCUT2D eigenvalue weighted by molar-refractivity contribution is 6.06. The summed E-state index contributed by atoms with van der Waals surface area (Å²) in [5.41, 5.74) is 5.12. The van der Waals surface area contributed by atoms with E-state index in [-0.39, 0.29) is 11.9 Å². The third kappa shape index (κ3) is 3.30. The molecule has 7 heteroatoms. The zero-order valence-electron chi connectivity index (χ0n) is 17.2. The Hall–Kier alpha value is -3.48. The van der Waals surface area contributed by atoms with Crippen LogP contribution in [0.1, 0.15) is 46.6 Å². The topological polar surface area (TPSA) is 79.7 Å². The predicted octanol–water partition coefficient (Wildman–Crippen LogP) is 3.36. The molecule has 0 aliphatic heterocycles. The molecular weight excluding hydrogens is 388 g/mol. The van der Waals surface area contributed by atoms with Crippen molar-refractivity contribution in [1.82, 2.24) is 29.9 Å². The van der Waals surface area contributed by atoms with E-state index in [1.807, 2.05) is 53.5 Å². The SMILES string of the molecule is O=C(c1cccc2c1cnn2Cc1ccccn1)N(C1CC1)C1CCc2[nH]ncc2C1. The zero-order valence-corrected chi connectivity index (χ0v) is 17.2. The van der Waals surface area contributed by atoms with Crippen LogP contribution >= 0.6 is 0 Å². The molecule has 0 spiro atoms. The first kappa shape index (κ1) is 18.3. The van der Waals surface area contributed by atoms with E-state index < -0.39 is 0 Å². The van der Waals surface area contributed by atoms with Gasteiger partial charge in [0, 0.05) is 29.4 Å². The Kier molecular flexibility index (Phi) is 4.33. The Balaban J connectivity index is 1.33. The van der Waals surface area contributed by atoms with Crippen molar-refractivity contribution in [3.05, 3.63) is 77.5 Å². The number of aryl methyl sites for hydroxylation is 1. The standard InChI is InChI=1S/C24H24N6O/c31-24(30(18-7-8-18)19-9-10-22-16(12-19)13-26-28-22)20-5-3-6-23-21(20)14-27-29(23)15-17-4-1-2-11-25-17/h1-6,11,13-14,18-19H,7-10,12,15H2,(H,26,28). The summed E-state index contributed by atoms with van der Waals surface area (Å²) in [6.07, 6.45) is 10.5. The first-order valence-electron chi connectivity index (χ1n) is 11.0. The summed E-state index contributed by atoms with van der Waals surface area (Å²) in [5.74, 6) is 0.127. The number of aromatic amines is 1. The van der Waals surface area contributed by atoms with Crippen LogP contribution in [0.3, 0.4) is 0 Å². The van der Waals surface area contributed by atoms with Crippen LogP contribution in [-0.2, 0) is 19.4 Å². The monoisotopic (exact) mass is 412 g/mol. The van der Waals surface area contributed by atoms with Gasteiger partial charge in [-0.2, -0.15) is 10.2 Å². The Morgan fingerprint density at radius 2 is 2.03 bits per heavy atom. The summed E-state index contributed by atoms with van der Waals surface area (Å²) in [5, 5.41) is 12.8. The summed E-state index contributed by atoms with van der Waals surface area (Å²) in [4.78, 5) is 20.4. The number of H-pyrrole nitrogens is 1. The average molecular weight is 412 g/mol. The fraction of sp³-hybridized carbons (Fsp3) is 0.333. The molecule has 4 aromatic rings. The highest BCUT2D eigenvalue weighted by Crippen LogP contribution is 2.35. The van der Waals surface area contributed by atoms with Crippen LogP contribution in [0.15, 0.2) is 55.0 Å². The summed E-state index contributed by atoms with van der Waals surface area (Å²) in [6, 6.07) is 12.4. The minimum Gasteiger partial charge on any atom is -0.332 e. The average Bonchev–Trinajstić information content (AvgIpc) is 3.37. The third-order valence-corrected chi connectivity index (χ3v) is 6.51. The normalized spacial score (nSPS) is 18.1. The van der Waals surface area contributed by atoms with E-state index in [2.05, 4.69) is 25.2 Å². The predicted molar refractivity (Wildman–Crippen MR) is 117 cm³/mol. The van der Waals surface area contributed by atoms with E-state index in [1.54, 1.807) is 6.20 Å². The number of carbonyl (C=O) groups excluding carboxylic acids is 1. The molecule has 1 unspecified atom stereocenters. The fourth-order valence-electron chi connectivity index (χ4n) is 4.82. The molecule has 1 N–H and O–H groups in total. The van der Waals surface area contributed by atoms with E-state index in [0.717, 1.165) is 54.3 Å². The van der Waals surface area contributed by atoms with Gasteiger partial charge in [-0.25, -0.2) is 0 Å². The van der Waals surface area contributed by atoms with Crippen LogP contribution < -0.4 is 0 Å². The van der Waals surface area contributed by atoms with Crippen molar-refractivity contribution < 1.29 is 4.79 Å². The lowest BCUT2D eigenvalue weighted by molar-refractivity contribution is 0.0645. The zero-order chi connectivity index (χ0) is 20.8. The second-order valence-corrected chi connectivity index (χ2v) is 8.58. The Morgan fingerprint density at radius 1 is 1.10 bits per heavy atom. The number of aromatic nitrogens is 5. The number of pyridine rings is 1. The van der Waals surface area contributed by atoms with E-state index in [0.29, 0.717) is 12.6 Å². The van der Waals surface area contributed by atoms with Gasteiger partial charge in [-0.15, -0.1) is 0 Å². The molecular formula is C24H24N6O. The maximum Gasteiger partial charge on any atom is 0.255 e. The molecule has 1 saturated carbocycles. The molecule has 0 saturated heterocycles. The lowest BCUT2D eigenvalue weighted by atomic mass is 9.91. The van der Waals surface area contributed by atoms with Crippen LogP contribution in [0, 0.1) is 0 Å². The van der Waals surface area contributed by atoms with Crippen molar-refractivity contribution in [3.63, 3.8) is 0 Å². The van der Waals surface area contributed by atoms with Crippen molar-refractivity contribution in [2.75, 3.05) is 0 Å². The molecule has 3 aromatic heterocycles. The molecule has 1 fully saturated rings. The summed E-state index contributed by atoms with van der Waals surface area (Å²) in [6.45, 7) is 0.584. The molecule has 2 aliphatic rings. The van der Waals surface area contributed by atoms with Gasteiger partial charge < -0.3 is 4.90 Å². The minimum absolute atomic E-state index is 0.127. The van der Waals surface area contributed by atoms with Crippen molar-refractivity contribution in [1.29, 1.82) is 0 Å². The van der Waals surface area contributed by atoms with Gasteiger partial charge in [0.2, 0.25) is 0 Å². The molecule has 0 bridgehead atoms. The van der Waals surface area contributed by atoms with Crippen LogP contribution in [0.25, 0.3) is 10.9 Å². The lowest BCUT2D eigenvalue weighted by Crippen LogP contribution is -2.44. The number of fused-ring (bicyclic) bond motifs is 2. The largest absolute Gasteiger partial charge is 0.332 e. The number of nitrogens with zero attached hydrogens (tertiary/aromatic N) is 5. The first-order valence-corrected chi connectivity index (χ1v) is 11.0. The van der Waals surface area contributed by atoms with Crippen molar-refractivity contribution in [3.8, 4) is 0 Å². The number of hydrogen-bond donors (Lipinski definition) is 1. The number of rotatable bonds is 5. The van der Waals surface area contributed by atoms with Gasteiger partial charge >= 0.3 is 0 Å². The summed E-state index contributed by atoms with van der Waals surface area (Å²) >= 11 is 0. The van der Waals surface area contributed by atoms with E-state index in [9.17, 15) is 4.79 Å². The Morgan fingerprint density at radius 3 is 2.87 bits per heavy atom. The number of benzene rings is 1. The Bertz CT molecular complexity index is 1240. The quantitative estimate of drug-likeness (QED) is 0.545. The molecule has 1 atom stereocenters. The maximum atomic E-state index is 13.8. The number of carbonyl (C=O) groups is 1. The lowest BCUT2D eigenvalue weighted by Gasteiger charge is -2.34. The third-order valence-electron chi connectivity index (χ3n) is 6.51. The minimum atomic E-state index is 0.127. The second-order valence-electron chi connectivity index (χ2n) is 8.58. The first-order chi connectivity index (χ1) is 15.3. The highest BCUT2D eigenvalue weighted by atomic mass is 16.2. The van der Waals surface area contributed by atoms with Crippen LogP contribution in [0.4, 0.5) is 0 Å². The van der Waals surface area contributed by atoms with Crippen LogP contribution in [0.2, 0.25) is 0 Å². The van der Waals surface area contributed by atoms with Crippen molar-refractivity contribution >= 4 is 16.8 Å². The van der Waals surface area contributed by atoms with Gasteiger partial charge in [0.05, 0.1) is 35.7 Å². The molecule has 31 heavy (non-hydrogen) atoms. The molecule has 1 amide bonds. The highest BCUT2D eigenvalue weighted by Gasteiger charge is 2.39. The van der Waals surface area contributed by atoms with Gasteiger partial charge in [0.1, 0.15) is 0 Å². The molecule has 1 aromatic carbocycles. The van der Waals surface area contributed by atoms with Gasteiger partial charge in [0.25, 0.3) is 5.91 Å². The van der Waals surface area contributed by atoms with Gasteiger partial charge in [0.15, 0.2) is 0 Å². The molecule has 156 valence electrons. The second kappa shape index (κ2) is 7.34.